The van der Waals surface area contributed by atoms with Gasteiger partial charge in [0.15, 0.2) is 11.2 Å². The molecule has 0 spiro atoms. The molecule has 27 heavy (non-hydrogen) atoms. The zero-order chi connectivity index (χ0) is 19.6. The third kappa shape index (κ3) is 4.56. The first-order valence-electron chi connectivity index (χ1n) is 9.42. The lowest BCUT2D eigenvalue weighted by Gasteiger charge is -2.15. The summed E-state index contributed by atoms with van der Waals surface area (Å²) in [4.78, 5) is 36.5. The first-order chi connectivity index (χ1) is 12.8. The Morgan fingerprint density at radius 1 is 1.33 bits per heavy atom. The van der Waals surface area contributed by atoms with Gasteiger partial charge in [0.2, 0.25) is 0 Å². The topological polar surface area (TPSA) is 99.1 Å². The molecule has 8 nitrogen and oxygen atoms in total. The molecular formula is C19H26N4O4. The number of hydrogen-bond donors (Lipinski definition) is 1. The van der Waals surface area contributed by atoms with Crippen LogP contribution in [0.1, 0.15) is 55.2 Å². The minimum atomic E-state index is -0.408. The molecule has 1 aliphatic rings. The second-order valence-electron chi connectivity index (χ2n) is 7.52. The lowest BCUT2D eigenvalue weighted by molar-refractivity contribution is 0.0900. The van der Waals surface area contributed by atoms with Crippen LogP contribution >= 0.6 is 0 Å². The second-order valence-corrected chi connectivity index (χ2v) is 7.52. The molecule has 0 saturated carbocycles. The molecule has 1 unspecified atom stereocenters. The van der Waals surface area contributed by atoms with Gasteiger partial charge < -0.3 is 9.73 Å². The Bertz CT molecular complexity index is 938. The van der Waals surface area contributed by atoms with Gasteiger partial charge in [0.1, 0.15) is 11.6 Å². The monoisotopic (exact) mass is 374 g/mol. The van der Waals surface area contributed by atoms with Crippen LogP contribution in [0.3, 0.4) is 0 Å². The van der Waals surface area contributed by atoms with Crippen LogP contribution in [0.25, 0.3) is 0 Å². The van der Waals surface area contributed by atoms with Crippen molar-refractivity contribution in [1.29, 1.82) is 0 Å². The molecule has 1 aliphatic heterocycles. The Morgan fingerprint density at radius 2 is 2.11 bits per heavy atom. The molecule has 1 amide bonds. The molecule has 0 fully saturated rings. The molecule has 0 aliphatic carbocycles. The Morgan fingerprint density at radius 3 is 2.81 bits per heavy atom. The molecule has 0 radical (unpaired) electrons. The first kappa shape index (κ1) is 19.1. The highest BCUT2D eigenvalue weighted by atomic mass is 16.3. The van der Waals surface area contributed by atoms with Crippen molar-refractivity contribution in [2.45, 2.75) is 65.6 Å². The van der Waals surface area contributed by atoms with Crippen molar-refractivity contribution in [3.05, 3.63) is 50.2 Å². The molecule has 0 saturated heterocycles. The van der Waals surface area contributed by atoms with E-state index in [0.717, 1.165) is 12.2 Å². The smallest absolute Gasteiger partial charge is 0.345 e. The molecule has 0 aromatic carbocycles. The molecular weight excluding hydrogens is 348 g/mol. The second kappa shape index (κ2) is 7.94. The number of nitrogens with one attached hydrogen (secondary N) is 1. The summed E-state index contributed by atoms with van der Waals surface area (Å²) in [6.07, 6.45) is 2.84. The molecule has 1 N–H and O–H groups in total. The lowest BCUT2D eigenvalue weighted by Crippen LogP contribution is -2.36. The fourth-order valence-corrected chi connectivity index (χ4v) is 3.27. The Kier molecular flexibility index (Phi) is 5.62. The fraction of sp³-hybridized carbons (Fsp3) is 0.579. The third-order valence-electron chi connectivity index (χ3n) is 4.78. The van der Waals surface area contributed by atoms with Crippen LogP contribution in [-0.4, -0.2) is 26.3 Å². The SMILES string of the molecule is Cc1cc(=O)cc(C(=O)NC2CCc3nn(CCC(C)C)c(=O)n3CC2)o1. The van der Waals surface area contributed by atoms with Crippen molar-refractivity contribution < 1.29 is 9.21 Å². The van der Waals surface area contributed by atoms with Gasteiger partial charge in [0, 0.05) is 37.7 Å². The van der Waals surface area contributed by atoms with E-state index in [4.69, 9.17) is 4.42 Å². The van der Waals surface area contributed by atoms with E-state index in [1.54, 1.807) is 16.2 Å². The normalized spacial score (nSPS) is 16.8. The summed E-state index contributed by atoms with van der Waals surface area (Å²) in [6.45, 7) is 7.01. The molecule has 146 valence electrons. The number of aryl methyl sites for hydroxylation is 3. The van der Waals surface area contributed by atoms with Crippen LogP contribution in [0.5, 0.6) is 0 Å². The number of aromatic nitrogens is 3. The highest BCUT2D eigenvalue weighted by molar-refractivity contribution is 5.91. The number of amides is 1. The predicted molar refractivity (Wildman–Crippen MR) is 99.8 cm³/mol. The van der Waals surface area contributed by atoms with E-state index in [0.29, 0.717) is 44.0 Å². The van der Waals surface area contributed by atoms with E-state index >= 15 is 0 Å². The predicted octanol–water partition coefficient (Wildman–Crippen LogP) is 1.49. The third-order valence-corrected chi connectivity index (χ3v) is 4.78. The number of carbonyl (C=O) groups is 1. The number of carbonyl (C=O) groups excluding carboxylic acids is 1. The number of rotatable bonds is 5. The summed E-state index contributed by atoms with van der Waals surface area (Å²) >= 11 is 0. The molecule has 2 aromatic heterocycles. The minimum absolute atomic E-state index is 0.0121. The lowest BCUT2D eigenvalue weighted by atomic mass is 10.1. The van der Waals surface area contributed by atoms with E-state index in [1.807, 2.05) is 0 Å². The fourth-order valence-electron chi connectivity index (χ4n) is 3.27. The molecule has 8 heteroatoms. The van der Waals surface area contributed by atoms with Gasteiger partial charge in [0.25, 0.3) is 5.91 Å². The summed E-state index contributed by atoms with van der Waals surface area (Å²) < 4.78 is 8.60. The Balaban J connectivity index is 1.66. The average Bonchev–Trinajstić information content (AvgIpc) is 2.76. The van der Waals surface area contributed by atoms with Gasteiger partial charge in [-0.15, -0.1) is 0 Å². The van der Waals surface area contributed by atoms with Gasteiger partial charge in [-0.25, -0.2) is 9.48 Å². The van der Waals surface area contributed by atoms with E-state index in [-0.39, 0.29) is 22.9 Å². The van der Waals surface area contributed by atoms with Crippen LogP contribution in [0.4, 0.5) is 0 Å². The van der Waals surface area contributed by atoms with E-state index < -0.39 is 5.91 Å². The molecule has 0 bridgehead atoms. The van der Waals surface area contributed by atoms with Gasteiger partial charge in [-0.3, -0.25) is 14.2 Å². The summed E-state index contributed by atoms with van der Waals surface area (Å²) in [5, 5.41) is 7.38. The van der Waals surface area contributed by atoms with E-state index in [9.17, 15) is 14.4 Å². The zero-order valence-corrected chi connectivity index (χ0v) is 16.0. The van der Waals surface area contributed by atoms with Crippen LogP contribution in [0.2, 0.25) is 0 Å². The van der Waals surface area contributed by atoms with Gasteiger partial charge >= 0.3 is 5.69 Å². The number of hydrogen-bond acceptors (Lipinski definition) is 5. The molecule has 3 heterocycles. The largest absolute Gasteiger partial charge is 0.456 e. The Labute approximate surface area is 157 Å². The van der Waals surface area contributed by atoms with Crippen molar-refractivity contribution in [2.75, 3.05) is 0 Å². The Hall–Kier alpha value is -2.64. The van der Waals surface area contributed by atoms with Crippen LogP contribution in [0.15, 0.2) is 26.1 Å². The van der Waals surface area contributed by atoms with Gasteiger partial charge in [0.05, 0.1) is 0 Å². The molecule has 1 atom stereocenters. The minimum Gasteiger partial charge on any atom is -0.456 e. The van der Waals surface area contributed by atoms with Crippen molar-refractivity contribution in [1.82, 2.24) is 19.7 Å². The molecule has 2 aromatic rings. The highest BCUT2D eigenvalue weighted by Gasteiger charge is 2.23. The maximum Gasteiger partial charge on any atom is 0.345 e. The standard InChI is InChI=1S/C19H26N4O4/c1-12(2)6-9-23-19(26)22-8-7-14(4-5-17(22)21-23)20-18(25)16-11-15(24)10-13(3)27-16/h10-12,14H,4-9H2,1-3H3,(H,20,25). The van der Waals surface area contributed by atoms with Crippen molar-refractivity contribution in [3.8, 4) is 0 Å². The van der Waals surface area contributed by atoms with Crippen LogP contribution < -0.4 is 16.4 Å². The summed E-state index contributed by atoms with van der Waals surface area (Å²) in [6, 6.07) is 2.43. The van der Waals surface area contributed by atoms with E-state index in [1.165, 1.54) is 12.1 Å². The van der Waals surface area contributed by atoms with Gasteiger partial charge in [-0.2, -0.15) is 5.10 Å². The number of fused-ring (bicyclic) bond motifs is 1. The van der Waals surface area contributed by atoms with E-state index in [2.05, 4.69) is 24.3 Å². The van der Waals surface area contributed by atoms with Crippen LogP contribution in [-0.2, 0) is 19.5 Å². The van der Waals surface area contributed by atoms with Crippen molar-refractivity contribution in [2.24, 2.45) is 5.92 Å². The maximum atomic E-state index is 12.5. The number of nitrogens with zero attached hydrogens (tertiary/aromatic N) is 3. The summed E-state index contributed by atoms with van der Waals surface area (Å²) in [5.74, 6) is 1.28. The maximum absolute atomic E-state index is 12.5. The van der Waals surface area contributed by atoms with Gasteiger partial charge in [-0.1, -0.05) is 13.8 Å². The molecule has 3 rings (SSSR count). The average molecular weight is 374 g/mol. The van der Waals surface area contributed by atoms with Crippen molar-refractivity contribution in [3.63, 3.8) is 0 Å². The zero-order valence-electron chi connectivity index (χ0n) is 16.0. The first-order valence-corrected chi connectivity index (χ1v) is 9.42. The van der Waals surface area contributed by atoms with Crippen LogP contribution in [0, 0.1) is 12.8 Å². The van der Waals surface area contributed by atoms with Gasteiger partial charge in [-0.05, 0) is 32.1 Å². The summed E-state index contributed by atoms with van der Waals surface area (Å²) in [5.41, 5.74) is -0.339. The van der Waals surface area contributed by atoms with Crippen molar-refractivity contribution >= 4 is 5.91 Å². The quantitative estimate of drug-likeness (QED) is 0.855. The highest BCUT2D eigenvalue weighted by Crippen LogP contribution is 2.13. The summed E-state index contributed by atoms with van der Waals surface area (Å²) in [7, 11) is 0.